The molecule has 112 valence electrons. The van der Waals surface area contributed by atoms with Crippen LogP contribution in [0.2, 0.25) is 0 Å². The van der Waals surface area contributed by atoms with Crippen molar-refractivity contribution in [2.45, 2.75) is 39.7 Å². The van der Waals surface area contributed by atoms with Crippen LogP contribution in [0, 0.1) is 0 Å². The average molecular weight is 296 g/mol. The Hall–Kier alpha value is -1.27. The van der Waals surface area contributed by atoms with Crippen LogP contribution in [0.1, 0.15) is 43.2 Å². The van der Waals surface area contributed by atoms with E-state index in [1.807, 2.05) is 24.8 Å². The van der Waals surface area contributed by atoms with Gasteiger partial charge in [0.2, 0.25) is 0 Å². The number of hydrazine groups is 1. The van der Waals surface area contributed by atoms with Gasteiger partial charge in [0.05, 0.1) is 0 Å². The number of aromatic nitrogens is 1. The molecule has 1 amide bonds. The quantitative estimate of drug-likeness (QED) is 0.506. The zero-order valence-corrected chi connectivity index (χ0v) is 13.2. The smallest absolute Gasteiger partial charge is 0.251 e. The molecule has 0 spiro atoms. The molecule has 0 aliphatic heterocycles. The minimum absolute atomic E-state index is 0.0783. The number of rotatable bonds is 8. The van der Waals surface area contributed by atoms with E-state index in [0.717, 1.165) is 30.0 Å². The fourth-order valence-electron chi connectivity index (χ4n) is 1.82. The van der Waals surface area contributed by atoms with Crippen molar-refractivity contribution in [3.05, 3.63) is 23.4 Å². The largest absolute Gasteiger partial charge is 0.349 e. The van der Waals surface area contributed by atoms with E-state index in [-0.39, 0.29) is 11.9 Å². The fraction of sp³-hybridized carbons (Fsp3) is 0.571. The van der Waals surface area contributed by atoms with Crippen molar-refractivity contribution in [1.29, 1.82) is 0 Å². The summed E-state index contributed by atoms with van der Waals surface area (Å²) < 4.78 is 0. The second-order valence-electron chi connectivity index (χ2n) is 4.66. The Morgan fingerprint density at radius 2 is 2.20 bits per heavy atom. The van der Waals surface area contributed by atoms with Gasteiger partial charge in [0.1, 0.15) is 5.82 Å². The highest BCUT2D eigenvalue weighted by atomic mass is 32.2. The van der Waals surface area contributed by atoms with E-state index in [1.165, 1.54) is 0 Å². The Morgan fingerprint density at radius 1 is 1.45 bits per heavy atom. The third-order valence-corrected chi connectivity index (χ3v) is 3.89. The zero-order valence-electron chi connectivity index (χ0n) is 12.4. The van der Waals surface area contributed by atoms with E-state index in [0.29, 0.717) is 11.4 Å². The molecule has 4 N–H and O–H groups in total. The monoisotopic (exact) mass is 296 g/mol. The van der Waals surface area contributed by atoms with Crippen molar-refractivity contribution in [3.8, 4) is 0 Å². The number of carbonyl (C=O) groups excluding carboxylic acids is 1. The Balaban J connectivity index is 2.77. The number of nitrogens with one attached hydrogen (secondary N) is 2. The van der Waals surface area contributed by atoms with E-state index >= 15 is 0 Å². The molecule has 1 unspecified atom stereocenters. The minimum atomic E-state index is -0.0783. The first-order chi connectivity index (χ1) is 9.60. The summed E-state index contributed by atoms with van der Waals surface area (Å²) in [6.45, 7) is 6.20. The summed E-state index contributed by atoms with van der Waals surface area (Å²) in [6, 6.07) is 3.65. The Morgan fingerprint density at radius 3 is 2.80 bits per heavy atom. The third kappa shape index (κ3) is 5.38. The molecule has 0 saturated carbocycles. The van der Waals surface area contributed by atoms with Crippen molar-refractivity contribution in [3.63, 3.8) is 0 Å². The van der Waals surface area contributed by atoms with Gasteiger partial charge in [0.25, 0.3) is 5.91 Å². The van der Waals surface area contributed by atoms with Gasteiger partial charge in [-0.15, -0.1) is 0 Å². The second kappa shape index (κ2) is 8.81. The molecule has 0 aliphatic rings. The number of thioether (sulfide) groups is 1. The summed E-state index contributed by atoms with van der Waals surface area (Å²) in [5.41, 5.74) is 3.99. The first-order valence-corrected chi connectivity index (χ1v) is 8.12. The van der Waals surface area contributed by atoms with Gasteiger partial charge in [-0.1, -0.05) is 20.3 Å². The number of anilines is 1. The van der Waals surface area contributed by atoms with Gasteiger partial charge in [0.15, 0.2) is 0 Å². The number of nitrogen functional groups attached to an aromatic ring is 1. The predicted octanol–water partition coefficient (Wildman–Crippen LogP) is 2.19. The molecule has 0 bridgehead atoms. The molecule has 5 nitrogen and oxygen atoms in total. The lowest BCUT2D eigenvalue weighted by atomic mass is 10.1. The van der Waals surface area contributed by atoms with Crippen LogP contribution in [-0.4, -0.2) is 28.4 Å². The van der Waals surface area contributed by atoms with Crippen molar-refractivity contribution < 1.29 is 4.79 Å². The van der Waals surface area contributed by atoms with Crippen LogP contribution in [-0.2, 0) is 6.42 Å². The highest BCUT2D eigenvalue weighted by Gasteiger charge is 2.12. The van der Waals surface area contributed by atoms with Crippen molar-refractivity contribution >= 4 is 23.5 Å². The summed E-state index contributed by atoms with van der Waals surface area (Å²) in [4.78, 5) is 16.6. The van der Waals surface area contributed by atoms with Gasteiger partial charge in [-0.3, -0.25) is 4.79 Å². The number of nitrogens with two attached hydrogens (primary N) is 1. The molecular weight excluding hydrogens is 272 g/mol. The average Bonchev–Trinajstić information content (AvgIpc) is 2.45. The van der Waals surface area contributed by atoms with Crippen LogP contribution in [0.3, 0.4) is 0 Å². The molecule has 0 fully saturated rings. The summed E-state index contributed by atoms with van der Waals surface area (Å²) in [5.74, 6) is 7.82. The van der Waals surface area contributed by atoms with Crippen LogP contribution < -0.4 is 16.6 Å². The van der Waals surface area contributed by atoms with Gasteiger partial charge < -0.3 is 10.7 Å². The van der Waals surface area contributed by atoms with Crippen LogP contribution in [0.15, 0.2) is 12.1 Å². The number of aryl methyl sites for hydroxylation is 1. The molecule has 1 heterocycles. The van der Waals surface area contributed by atoms with E-state index in [4.69, 9.17) is 5.84 Å². The molecule has 0 saturated heterocycles. The molecule has 1 aromatic rings. The number of nitrogens with zero attached hydrogens (tertiary/aromatic N) is 1. The van der Waals surface area contributed by atoms with Gasteiger partial charge in [-0.05, 0) is 31.2 Å². The number of pyridine rings is 1. The highest BCUT2D eigenvalue weighted by Crippen LogP contribution is 2.12. The van der Waals surface area contributed by atoms with Gasteiger partial charge >= 0.3 is 0 Å². The van der Waals surface area contributed by atoms with E-state index in [2.05, 4.69) is 29.6 Å². The van der Waals surface area contributed by atoms with Crippen LogP contribution in [0.25, 0.3) is 0 Å². The maximum atomic E-state index is 12.2. The number of hydrogen-bond donors (Lipinski definition) is 3. The Bertz CT molecular complexity index is 439. The molecule has 1 atom stereocenters. The van der Waals surface area contributed by atoms with E-state index in [9.17, 15) is 4.79 Å². The number of hydrogen-bond acceptors (Lipinski definition) is 5. The van der Waals surface area contributed by atoms with Gasteiger partial charge in [-0.25, -0.2) is 10.8 Å². The summed E-state index contributed by atoms with van der Waals surface area (Å²) >= 11 is 1.81. The van der Waals surface area contributed by atoms with Crippen LogP contribution in [0.5, 0.6) is 0 Å². The van der Waals surface area contributed by atoms with Gasteiger partial charge in [0, 0.05) is 23.1 Å². The second-order valence-corrected chi connectivity index (χ2v) is 5.98. The van der Waals surface area contributed by atoms with Crippen molar-refractivity contribution in [1.82, 2.24) is 10.3 Å². The topological polar surface area (TPSA) is 80.0 Å². The molecule has 0 aliphatic carbocycles. The summed E-state index contributed by atoms with van der Waals surface area (Å²) in [6.07, 6.45) is 1.81. The molecule has 20 heavy (non-hydrogen) atoms. The first-order valence-electron chi connectivity index (χ1n) is 6.96. The van der Waals surface area contributed by atoms with Crippen LogP contribution >= 0.6 is 11.8 Å². The normalized spacial score (nSPS) is 12.0. The molecule has 6 heteroatoms. The first kappa shape index (κ1) is 16.8. The fourth-order valence-corrected chi connectivity index (χ4v) is 2.49. The lowest BCUT2D eigenvalue weighted by Crippen LogP contribution is -2.34. The number of carbonyl (C=O) groups is 1. The molecule has 1 rings (SSSR count). The lowest BCUT2D eigenvalue weighted by Gasteiger charge is -2.14. The minimum Gasteiger partial charge on any atom is -0.349 e. The SMILES string of the molecule is CCCc1cc(C(=O)NC(C)CSCC)cc(NN)n1. The summed E-state index contributed by atoms with van der Waals surface area (Å²) in [7, 11) is 0. The van der Waals surface area contributed by atoms with Gasteiger partial charge in [-0.2, -0.15) is 11.8 Å². The lowest BCUT2D eigenvalue weighted by molar-refractivity contribution is 0.0943. The predicted molar refractivity (Wildman–Crippen MR) is 86.0 cm³/mol. The third-order valence-electron chi connectivity index (χ3n) is 2.74. The molecule has 0 aromatic carbocycles. The maximum Gasteiger partial charge on any atom is 0.251 e. The summed E-state index contributed by atoms with van der Waals surface area (Å²) in [5, 5.41) is 3.00. The van der Waals surface area contributed by atoms with E-state index < -0.39 is 0 Å². The highest BCUT2D eigenvalue weighted by molar-refractivity contribution is 7.99. The molecule has 0 radical (unpaired) electrons. The molecule has 1 aromatic heterocycles. The van der Waals surface area contributed by atoms with Crippen LogP contribution in [0.4, 0.5) is 5.82 Å². The number of amides is 1. The standard InChI is InChI=1S/C14H24N4OS/c1-4-6-12-7-11(8-13(17-12)18-15)14(19)16-10(3)9-20-5-2/h7-8,10H,4-6,9,15H2,1-3H3,(H,16,19)(H,17,18). The van der Waals surface area contributed by atoms with Crippen molar-refractivity contribution in [2.24, 2.45) is 5.84 Å². The maximum absolute atomic E-state index is 12.2. The Kier molecular flexibility index (Phi) is 7.40. The Labute approximate surface area is 125 Å². The van der Waals surface area contributed by atoms with E-state index in [1.54, 1.807) is 6.07 Å². The zero-order chi connectivity index (χ0) is 15.0. The molecular formula is C14H24N4OS. The van der Waals surface area contributed by atoms with Crippen molar-refractivity contribution in [2.75, 3.05) is 16.9 Å².